The largest absolute Gasteiger partial charge is 0.453 e. The summed E-state index contributed by atoms with van der Waals surface area (Å²) in [6.45, 7) is 6.77. The van der Waals surface area contributed by atoms with Gasteiger partial charge in [0.25, 0.3) is 0 Å². The Morgan fingerprint density at radius 2 is 2.02 bits per heavy atom. The number of nitrogens with one attached hydrogen (secondary N) is 3. The topological polar surface area (TPSA) is 120 Å². The molecule has 1 saturated heterocycles. The number of nitrogens with zero attached hydrogens (tertiary/aromatic N) is 3. The third-order valence-electron chi connectivity index (χ3n) is 7.05. The molecule has 4 rings (SSSR count). The first-order chi connectivity index (χ1) is 19.7. The highest BCUT2D eigenvalue weighted by molar-refractivity contribution is 6.30. The molecule has 3 aromatic rings. The van der Waals surface area contributed by atoms with Crippen LogP contribution in [-0.2, 0) is 14.3 Å². The number of H-pyrrole nitrogens is 1. The van der Waals surface area contributed by atoms with Gasteiger partial charge in [-0.3, -0.25) is 14.9 Å². The van der Waals surface area contributed by atoms with Crippen LogP contribution in [0.1, 0.15) is 45.5 Å². The molecular formula is C30H35ClN6O4. The molecule has 0 saturated carbocycles. The Morgan fingerprint density at radius 3 is 2.73 bits per heavy atom. The molecule has 1 aromatic heterocycles. The Hall–Kier alpha value is -4.31. The van der Waals surface area contributed by atoms with E-state index in [1.54, 1.807) is 31.3 Å². The fourth-order valence-corrected chi connectivity index (χ4v) is 5.06. The molecule has 0 radical (unpaired) electrons. The first-order valence-corrected chi connectivity index (χ1v) is 13.9. The van der Waals surface area contributed by atoms with Gasteiger partial charge in [-0.25, -0.2) is 9.78 Å². The second-order valence-corrected chi connectivity index (χ2v) is 10.1. The molecule has 1 aliphatic heterocycles. The number of imidazole rings is 1. The van der Waals surface area contributed by atoms with Gasteiger partial charge in [0.2, 0.25) is 11.8 Å². The number of aromatic amines is 1. The molecule has 11 heteroatoms. The molecule has 10 nitrogen and oxygen atoms in total. The predicted molar refractivity (Wildman–Crippen MR) is 161 cm³/mol. The van der Waals surface area contributed by atoms with E-state index in [0.717, 1.165) is 5.69 Å². The predicted octanol–water partition coefficient (Wildman–Crippen LogP) is 6.00. The van der Waals surface area contributed by atoms with Gasteiger partial charge in [-0.15, -0.1) is 0 Å². The van der Waals surface area contributed by atoms with Gasteiger partial charge >= 0.3 is 6.09 Å². The van der Waals surface area contributed by atoms with Gasteiger partial charge in [0.1, 0.15) is 11.9 Å². The molecule has 2 aromatic carbocycles. The van der Waals surface area contributed by atoms with Crippen LogP contribution in [0.3, 0.4) is 0 Å². The smallest absolute Gasteiger partial charge is 0.411 e. The number of halogens is 1. The van der Waals surface area contributed by atoms with E-state index < -0.39 is 6.09 Å². The average Bonchev–Trinajstić information content (AvgIpc) is 3.45. The normalized spacial score (nSPS) is 16.1. The van der Waals surface area contributed by atoms with Gasteiger partial charge in [-0.1, -0.05) is 36.7 Å². The van der Waals surface area contributed by atoms with Crippen molar-refractivity contribution in [1.82, 2.24) is 14.9 Å². The number of piperazine rings is 1. The maximum atomic E-state index is 13.7. The van der Waals surface area contributed by atoms with Crippen LogP contribution in [0.4, 0.5) is 21.9 Å². The van der Waals surface area contributed by atoms with Crippen molar-refractivity contribution in [2.75, 3.05) is 35.7 Å². The third-order valence-corrected chi connectivity index (χ3v) is 7.28. The van der Waals surface area contributed by atoms with Crippen molar-refractivity contribution in [1.29, 1.82) is 0 Å². The molecule has 2 heterocycles. The molecule has 3 N–H and O–H groups in total. The number of hydrogen-bond acceptors (Lipinski definition) is 6. The van der Waals surface area contributed by atoms with Crippen molar-refractivity contribution in [3.8, 4) is 11.3 Å². The van der Waals surface area contributed by atoms with Crippen LogP contribution >= 0.6 is 11.6 Å². The number of carbonyl (C=O) groups excluding carboxylic acids is 3. The summed E-state index contributed by atoms with van der Waals surface area (Å²) in [4.78, 5) is 49.7. The molecule has 0 aliphatic carbocycles. The van der Waals surface area contributed by atoms with Crippen molar-refractivity contribution in [3.63, 3.8) is 0 Å². The van der Waals surface area contributed by atoms with E-state index in [1.807, 2.05) is 55.2 Å². The second-order valence-electron chi connectivity index (χ2n) is 9.66. The van der Waals surface area contributed by atoms with Crippen molar-refractivity contribution in [2.24, 2.45) is 0 Å². The second kappa shape index (κ2) is 13.4. The summed E-state index contributed by atoms with van der Waals surface area (Å²) in [6.07, 6.45) is 5.93. The summed E-state index contributed by atoms with van der Waals surface area (Å²) in [5.41, 5.74) is 3.24. The monoisotopic (exact) mass is 578 g/mol. The first kappa shape index (κ1) is 29.7. The van der Waals surface area contributed by atoms with Gasteiger partial charge in [-0.2, -0.15) is 0 Å². The molecule has 0 bridgehead atoms. The van der Waals surface area contributed by atoms with Crippen molar-refractivity contribution in [3.05, 3.63) is 71.7 Å². The number of methoxy groups -OCH3 is 1. The summed E-state index contributed by atoms with van der Waals surface area (Å²) < 4.78 is 4.68. The van der Waals surface area contributed by atoms with Gasteiger partial charge in [0.15, 0.2) is 0 Å². The van der Waals surface area contributed by atoms with E-state index in [4.69, 9.17) is 11.6 Å². The quantitative estimate of drug-likeness (QED) is 0.268. The van der Waals surface area contributed by atoms with Crippen LogP contribution in [0.15, 0.2) is 60.8 Å². The molecule has 2 atom stereocenters. The lowest BCUT2D eigenvalue weighted by Crippen LogP contribution is -2.57. The Balaban J connectivity index is 1.63. The lowest BCUT2D eigenvalue weighted by atomic mass is 10.1. The van der Waals surface area contributed by atoms with Crippen LogP contribution in [0.5, 0.6) is 0 Å². The fourth-order valence-electron chi connectivity index (χ4n) is 4.87. The fraction of sp³-hybridized carbons (Fsp3) is 0.333. The number of aromatic nitrogens is 2. The van der Waals surface area contributed by atoms with Crippen LogP contribution in [0.2, 0.25) is 5.02 Å². The summed E-state index contributed by atoms with van der Waals surface area (Å²) >= 11 is 6.21. The molecule has 1 unspecified atom stereocenters. The molecule has 1 aliphatic rings. The van der Waals surface area contributed by atoms with Gasteiger partial charge in [0, 0.05) is 41.5 Å². The van der Waals surface area contributed by atoms with Crippen molar-refractivity contribution >= 4 is 46.6 Å². The minimum Gasteiger partial charge on any atom is -0.453 e. The summed E-state index contributed by atoms with van der Waals surface area (Å²) in [7, 11) is 1.28. The van der Waals surface area contributed by atoms with Crippen LogP contribution in [0, 0.1) is 0 Å². The minimum atomic E-state index is -0.615. The Morgan fingerprint density at radius 1 is 1.22 bits per heavy atom. The molecular weight excluding hydrogens is 544 g/mol. The zero-order valence-electron chi connectivity index (χ0n) is 23.6. The lowest BCUT2D eigenvalue weighted by Gasteiger charge is -2.43. The standard InChI is InChI=1S/C30H35ClN6O4/c1-5-7-11-26(37-15-14-36(19(3)29(37)39)22-10-8-9-20(31)16-22)28-32-18-25(35-28)23-13-12-21(33-30(40)41-4)17-24(23)34-27(38)6-2/h5,7-10,12-13,16-19,26H,6,11,14-15H2,1-4H3,(H,32,35)(H,33,40)(H,34,38)/b7-5+/t19?,26-/m0/s1. The minimum absolute atomic E-state index is 0.00202. The zero-order chi connectivity index (χ0) is 29.5. The highest BCUT2D eigenvalue weighted by Gasteiger charge is 2.36. The number of rotatable bonds is 9. The van der Waals surface area contributed by atoms with E-state index >= 15 is 0 Å². The van der Waals surface area contributed by atoms with Crippen LogP contribution in [-0.4, -0.2) is 59.0 Å². The molecule has 216 valence electrons. The average molecular weight is 579 g/mol. The van der Waals surface area contributed by atoms with Crippen LogP contribution < -0.4 is 15.5 Å². The zero-order valence-corrected chi connectivity index (χ0v) is 24.4. The highest BCUT2D eigenvalue weighted by Crippen LogP contribution is 2.34. The van der Waals surface area contributed by atoms with Gasteiger partial charge in [0.05, 0.1) is 30.7 Å². The van der Waals surface area contributed by atoms with Crippen molar-refractivity contribution in [2.45, 2.75) is 45.7 Å². The van der Waals surface area contributed by atoms with Gasteiger partial charge in [-0.05, 0) is 56.7 Å². The molecule has 41 heavy (non-hydrogen) atoms. The number of anilines is 3. The number of benzene rings is 2. The number of amides is 3. The van der Waals surface area contributed by atoms with E-state index in [9.17, 15) is 14.4 Å². The van der Waals surface area contributed by atoms with E-state index in [0.29, 0.717) is 53.0 Å². The lowest BCUT2D eigenvalue weighted by molar-refractivity contribution is -0.136. The molecule has 3 amide bonds. The Kier molecular flexibility index (Phi) is 9.67. The Labute approximate surface area is 244 Å². The molecule has 0 spiro atoms. The Bertz CT molecular complexity index is 1440. The number of carbonyl (C=O) groups is 3. The number of ether oxygens (including phenoxy) is 1. The first-order valence-electron chi connectivity index (χ1n) is 13.5. The summed E-state index contributed by atoms with van der Waals surface area (Å²) in [5.74, 6) is 0.460. The van der Waals surface area contributed by atoms with Crippen LogP contribution in [0.25, 0.3) is 11.3 Å². The van der Waals surface area contributed by atoms with E-state index in [-0.39, 0.29) is 30.3 Å². The van der Waals surface area contributed by atoms with E-state index in [2.05, 4.69) is 30.2 Å². The maximum Gasteiger partial charge on any atom is 0.411 e. The third kappa shape index (κ3) is 6.89. The summed E-state index contributed by atoms with van der Waals surface area (Å²) in [6, 6.07) is 12.0. The summed E-state index contributed by atoms with van der Waals surface area (Å²) in [5, 5.41) is 6.14. The molecule has 1 fully saturated rings. The number of hydrogen-bond donors (Lipinski definition) is 3. The highest BCUT2D eigenvalue weighted by atomic mass is 35.5. The SMILES string of the molecule is C/C=C/C[C@@H](c1ncc(-c2ccc(NC(=O)OC)cc2NC(=O)CC)[nH]1)N1CCN(c2cccc(Cl)c2)C(C)C1=O. The maximum absolute atomic E-state index is 13.7. The number of allylic oxidation sites excluding steroid dienone is 1. The van der Waals surface area contributed by atoms with E-state index in [1.165, 1.54) is 7.11 Å². The van der Waals surface area contributed by atoms with Gasteiger partial charge < -0.3 is 24.8 Å². The van der Waals surface area contributed by atoms with Crippen molar-refractivity contribution < 1.29 is 19.1 Å².